The van der Waals surface area contributed by atoms with Crippen molar-refractivity contribution in [3.63, 3.8) is 0 Å². The molecule has 1 amide bonds. The van der Waals surface area contributed by atoms with Gasteiger partial charge in [0.2, 0.25) is 5.43 Å². The average molecular weight is 313 g/mol. The van der Waals surface area contributed by atoms with Gasteiger partial charge in [-0.3, -0.25) is 14.4 Å². The number of benzene rings is 2. The Morgan fingerprint density at radius 1 is 0.909 bits per heavy atom. The monoisotopic (exact) mass is 312 g/mol. The van der Waals surface area contributed by atoms with Gasteiger partial charge in [0.25, 0.3) is 11.3 Å². The number of carbonyl (C=O) groups is 1. The molecule has 5 nitrogen and oxygen atoms in total. The van der Waals surface area contributed by atoms with Crippen LogP contribution in [0, 0.1) is 0 Å². The maximum Gasteiger partial charge on any atom is 0.272 e. The topological polar surface area (TPSA) is 75.6 Å². The molecule has 3 rings (SSSR count). The second-order valence-corrected chi connectivity index (χ2v) is 4.99. The van der Waals surface area contributed by atoms with Gasteiger partial charge in [0, 0.05) is 10.8 Å². The highest BCUT2D eigenvalue weighted by Crippen LogP contribution is 2.14. The summed E-state index contributed by atoms with van der Waals surface area (Å²) in [6, 6.07) is 13.0. The number of nitrogens with zero attached hydrogens (tertiary/aromatic N) is 1. The second-order valence-electron chi connectivity index (χ2n) is 4.59. The van der Waals surface area contributed by atoms with Crippen LogP contribution in [-0.4, -0.2) is 5.91 Å². The van der Waals surface area contributed by atoms with Crippen LogP contribution in [0.5, 0.6) is 0 Å². The number of hydrogen-bond acceptors (Lipinski definition) is 4. The van der Waals surface area contributed by atoms with E-state index in [0.29, 0.717) is 10.8 Å². The van der Waals surface area contributed by atoms with E-state index in [1.807, 2.05) is 0 Å². The van der Waals surface area contributed by atoms with Gasteiger partial charge in [0.1, 0.15) is 5.36 Å². The van der Waals surface area contributed by atoms with Crippen molar-refractivity contribution in [2.24, 2.45) is 5.10 Å². The normalized spacial score (nSPS) is 11.8. The van der Waals surface area contributed by atoms with Crippen molar-refractivity contribution in [3.8, 4) is 0 Å². The fourth-order valence-electron chi connectivity index (χ4n) is 2.16. The fraction of sp³-hybridized carbons (Fsp3) is 0. The van der Waals surface area contributed by atoms with Gasteiger partial charge in [-0.1, -0.05) is 48.0 Å². The third-order valence-electron chi connectivity index (χ3n) is 3.24. The number of amides is 1. The fourth-order valence-corrected chi connectivity index (χ4v) is 2.38. The summed E-state index contributed by atoms with van der Waals surface area (Å²) in [5.41, 5.74) is 1.14. The lowest BCUT2D eigenvalue weighted by molar-refractivity contribution is 0.0953. The molecule has 0 aliphatic heterocycles. The van der Waals surface area contributed by atoms with E-state index in [9.17, 15) is 14.4 Å². The van der Waals surface area contributed by atoms with Crippen molar-refractivity contribution < 1.29 is 4.79 Å². The number of fused-ring (bicyclic) bond motifs is 1. The molecule has 3 aromatic carbocycles. The molecule has 0 saturated carbocycles. The zero-order chi connectivity index (χ0) is 15.7. The van der Waals surface area contributed by atoms with Crippen LogP contribution < -0.4 is 21.6 Å². The molecule has 0 bridgehead atoms. The molecule has 0 aliphatic rings. The average Bonchev–Trinajstić information content (AvgIpc) is 2.77. The van der Waals surface area contributed by atoms with Crippen LogP contribution in [0.1, 0.15) is 10.4 Å². The van der Waals surface area contributed by atoms with Gasteiger partial charge in [-0.15, -0.1) is 0 Å². The molecular weight excluding hydrogens is 304 g/mol. The van der Waals surface area contributed by atoms with Crippen LogP contribution in [0.3, 0.4) is 0 Å². The van der Waals surface area contributed by atoms with E-state index in [4.69, 9.17) is 11.6 Å². The summed E-state index contributed by atoms with van der Waals surface area (Å²) in [7, 11) is 0. The SMILES string of the molecule is O=C(NN=c1c(=O)c(=O)c2ccccc12)c1ccccc1Cl. The molecule has 1 N–H and O–H groups in total. The molecule has 22 heavy (non-hydrogen) atoms. The Bertz CT molecular complexity index is 1030. The Morgan fingerprint density at radius 3 is 2.27 bits per heavy atom. The number of rotatable bonds is 2. The van der Waals surface area contributed by atoms with E-state index in [0.717, 1.165) is 0 Å². The summed E-state index contributed by atoms with van der Waals surface area (Å²) >= 11 is 5.92. The van der Waals surface area contributed by atoms with Crippen molar-refractivity contribution in [2.75, 3.05) is 0 Å². The van der Waals surface area contributed by atoms with Crippen LogP contribution in [0.2, 0.25) is 5.02 Å². The summed E-state index contributed by atoms with van der Waals surface area (Å²) in [5.74, 6) is -0.553. The Hall–Kier alpha value is -2.79. The smallest absolute Gasteiger partial charge is 0.272 e. The Labute approximate surface area is 129 Å². The molecule has 108 valence electrons. The van der Waals surface area contributed by atoms with Crippen molar-refractivity contribution in [3.05, 3.63) is 84.9 Å². The molecule has 3 aromatic rings. The largest absolute Gasteiger partial charge is 0.285 e. The molecule has 6 heteroatoms. The van der Waals surface area contributed by atoms with Crippen LogP contribution in [0.15, 0.2) is 63.2 Å². The lowest BCUT2D eigenvalue weighted by Gasteiger charge is -2.01. The van der Waals surface area contributed by atoms with Crippen molar-refractivity contribution >= 4 is 28.3 Å². The van der Waals surface area contributed by atoms with Crippen molar-refractivity contribution in [1.82, 2.24) is 5.43 Å². The third-order valence-corrected chi connectivity index (χ3v) is 3.57. The molecule has 0 heterocycles. The van der Waals surface area contributed by atoms with E-state index < -0.39 is 16.8 Å². The van der Waals surface area contributed by atoms with Gasteiger partial charge < -0.3 is 0 Å². The van der Waals surface area contributed by atoms with Gasteiger partial charge in [-0.2, -0.15) is 5.10 Å². The number of carbonyl (C=O) groups excluding carboxylic acids is 1. The van der Waals surface area contributed by atoms with Crippen LogP contribution in [-0.2, 0) is 0 Å². The third kappa shape index (κ3) is 2.31. The first-order valence-electron chi connectivity index (χ1n) is 6.40. The van der Waals surface area contributed by atoms with E-state index in [-0.39, 0.29) is 15.9 Å². The molecule has 0 unspecified atom stereocenters. The zero-order valence-electron chi connectivity index (χ0n) is 11.2. The van der Waals surface area contributed by atoms with Crippen LogP contribution in [0.25, 0.3) is 10.8 Å². The van der Waals surface area contributed by atoms with Gasteiger partial charge in [0.05, 0.1) is 10.6 Å². The minimum atomic E-state index is -0.736. The highest BCUT2D eigenvalue weighted by atomic mass is 35.5. The zero-order valence-corrected chi connectivity index (χ0v) is 11.9. The number of halogens is 1. The minimum Gasteiger partial charge on any atom is -0.285 e. The summed E-state index contributed by atoms with van der Waals surface area (Å²) in [6.45, 7) is 0. The molecule has 0 fully saturated rings. The lowest BCUT2D eigenvalue weighted by atomic mass is 10.2. The first-order valence-corrected chi connectivity index (χ1v) is 6.78. The highest BCUT2D eigenvalue weighted by Gasteiger charge is 2.12. The van der Waals surface area contributed by atoms with E-state index >= 15 is 0 Å². The standard InChI is InChI=1S/C16H9ClN2O3/c17-12-8-4-3-7-11(12)16(22)19-18-13-9-5-1-2-6-10(9)14(20)15(13)21/h1-8H,(H,19,22). The Balaban J connectivity index is 2.06. The molecule has 0 spiro atoms. The first-order chi connectivity index (χ1) is 10.6. The summed E-state index contributed by atoms with van der Waals surface area (Å²) in [6.07, 6.45) is 0. The van der Waals surface area contributed by atoms with Crippen molar-refractivity contribution in [1.29, 1.82) is 0 Å². The summed E-state index contributed by atoms with van der Waals surface area (Å²) in [5, 5.41) is 4.71. The predicted octanol–water partition coefficient (Wildman–Crippen LogP) is 1.33. The molecular formula is C16H9ClN2O3. The summed E-state index contributed by atoms with van der Waals surface area (Å²) < 4.78 is 0. The van der Waals surface area contributed by atoms with Gasteiger partial charge >= 0.3 is 0 Å². The maximum absolute atomic E-state index is 12.0. The number of hydrogen-bond donors (Lipinski definition) is 1. The van der Waals surface area contributed by atoms with Gasteiger partial charge in [-0.25, -0.2) is 5.43 Å². The van der Waals surface area contributed by atoms with E-state index in [1.165, 1.54) is 6.07 Å². The molecule has 0 aliphatic carbocycles. The van der Waals surface area contributed by atoms with Crippen LogP contribution >= 0.6 is 11.6 Å². The van der Waals surface area contributed by atoms with E-state index in [1.54, 1.807) is 42.5 Å². The predicted molar refractivity (Wildman–Crippen MR) is 83.3 cm³/mol. The lowest BCUT2D eigenvalue weighted by Crippen LogP contribution is -2.33. The minimum absolute atomic E-state index is 0.0685. The Morgan fingerprint density at radius 2 is 1.55 bits per heavy atom. The van der Waals surface area contributed by atoms with Crippen LogP contribution in [0.4, 0.5) is 0 Å². The highest BCUT2D eigenvalue weighted by molar-refractivity contribution is 6.33. The van der Waals surface area contributed by atoms with Gasteiger partial charge in [0.15, 0.2) is 0 Å². The quantitative estimate of drug-likeness (QED) is 0.573. The Kier molecular flexibility index (Phi) is 3.56. The molecule has 0 atom stereocenters. The van der Waals surface area contributed by atoms with Gasteiger partial charge in [-0.05, 0) is 12.1 Å². The second kappa shape index (κ2) is 5.54. The first kappa shape index (κ1) is 14.2. The molecule has 0 aromatic heterocycles. The summed E-state index contributed by atoms with van der Waals surface area (Å²) in [4.78, 5) is 35.8. The number of nitrogens with one attached hydrogen (secondary N) is 1. The van der Waals surface area contributed by atoms with Crippen molar-refractivity contribution in [2.45, 2.75) is 0 Å². The molecule has 0 saturated heterocycles. The molecule has 0 radical (unpaired) electrons. The maximum atomic E-state index is 12.0. The van der Waals surface area contributed by atoms with E-state index in [2.05, 4.69) is 10.5 Å².